The second-order valence-electron chi connectivity index (χ2n) is 8.31. The van der Waals surface area contributed by atoms with E-state index in [4.69, 9.17) is 14.2 Å². The van der Waals surface area contributed by atoms with E-state index in [-0.39, 0.29) is 42.9 Å². The molecule has 4 rings (SSSR count). The van der Waals surface area contributed by atoms with Crippen LogP contribution in [-0.4, -0.2) is 68.4 Å². The van der Waals surface area contributed by atoms with Gasteiger partial charge < -0.3 is 24.6 Å². The summed E-state index contributed by atoms with van der Waals surface area (Å²) in [6, 6.07) is 13.4. The van der Waals surface area contributed by atoms with Crippen molar-refractivity contribution in [2.75, 3.05) is 38.7 Å². The van der Waals surface area contributed by atoms with Gasteiger partial charge in [0.15, 0.2) is 5.76 Å². The highest BCUT2D eigenvalue weighted by Gasteiger charge is 2.30. The normalized spacial score (nSPS) is 17.5. The predicted octanol–water partition coefficient (Wildman–Crippen LogP) is 3.20. The minimum atomic E-state index is -3.88. The molecule has 1 aliphatic heterocycles. The second-order valence-corrected chi connectivity index (χ2v) is 11.2. The Kier molecular flexibility index (Phi) is 9.48. The number of hydrogen-bond acceptors (Lipinski definition) is 9. The Morgan fingerprint density at radius 1 is 1.21 bits per heavy atom. The van der Waals surface area contributed by atoms with Gasteiger partial charge in [0.2, 0.25) is 16.3 Å². The van der Waals surface area contributed by atoms with Crippen molar-refractivity contribution in [2.45, 2.75) is 23.5 Å². The molecule has 0 aliphatic carbocycles. The van der Waals surface area contributed by atoms with Gasteiger partial charge in [-0.2, -0.15) is 4.31 Å². The fourth-order valence-corrected chi connectivity index (χ4v) is 6.12. The molecule has 202 valence electrons. The summed E-state index contributed by atoms with van der Waals surface area (Å²) in [5, 5.41) is 14.2. The van der Waals surface area contributed by atoms with Gasteiger partial charge in [-0.15, -0.1) is 11.3 Å². The Balaban J connectivity index is 1.43. The number of allylic oxidation sites excluding steroid dienone is 1. The van der Waals surface area contributed by atoms with E-state index in [1.165, 1.54) is 25.4 Å². The van der Waals surface area contributed by atoms with Gasteiger partial charge in [0, 0.05) is 36.5 Å². The van der Waals surface area contributed by atoms with Crippen LogP contribution in [0.3, 0.4) is 0 Å². The van der Waals surface area contributed by atoms with Gasteiger partial charge in [0.25, 0.3) is 5.91 Å². The van der Waals surface area contributed by atoms with E-state index >= 15 is 0 Å². The molecule has 2 N–H and O–H groups in total. The van der Waals surface area contributed by atoms with E-state index in [1.807, 2.05) is 17.5 Å². The Labute approximate surface area is 225 Å². The SMILES string of the molecule is COc1ccc(S(=O)(=O)N(CCO)CCO[C@@H]2C[C@H](c3cccs3)C=C(C(=O)Nc3cccnc3)O2)cc1. The summed E-state index contributed by atoms with van der Waals surface area (Å²) < 4.78 is 44.3. The van der Waals surface area contributed by atoms with Crippen molar-refractivity contribution in [1.29, 1.82) is 0 Å². The van der Waals surface area contributed by atoms with Crippen LogP contribution >= 0.6 is 11.3 Å². The Hall–Kier alpha value is -3.29. The molecule has 38 heavy (non-hydrogen) atoms. The third kappa shape index (κ3) is 6.97. The molecule has 0 unspecified atom stereocenters. The first-order valence-electron chi connectivity index (χ1n) is 11.9. The molecule has 0 spiro atoms. The Morgan fingerprint density at radius 3 is 2.68 bits per heavy atom. The highest BCUT2D eigenvalue weighted by atomic mass is 32.2. The van der Waals surface area contributed by atoms with Crippen LogP contribution in [0.4, 0.5) is 5.69 Å². The highest BCUT2D eigenvalue weighted by Crippen LogP contribution is 2.34. The van der Waals surface area contributed by atoms with Crippen LogP contribution in [0.5, 0.6) is 5.75 Å². The first-order valence-corrected chi connectivity index (χ1v) is 14.2. The zero-order chi connectivity index (χ0) is 27.0. The third-order valence-electron chi connectivity index (χ3n) is 5.80. The zero-order valence-electron chi connectivity index (χ0n) is 20.7. The van der Waals surface area contributed by atoms with Crippen molar-refractivity contribution in [1.82, 2.24) is 9.29 Å². The quantitative estimate of drug-likeness (QED) is 0.346. The average molecular weight is 560 g/mol. The summed E-state index contributed by atoms with van der Waals surface area (Å²) >= 11 is 1.57. The molecule has 1 aliphatic rings. The summed E-state index contributed by atoms with van der Waals surface area (Å²) in [4.78, 5) is 18.1. The van der Waals surface area contributed by atoms with Crippen LogP contribution in [0.1, 0.15) is 17.2 Å². The monoisotopic (exact) mass is 559 g/mol. The molecule has 12 heteroatoms. The zero-order valence-corrected chi connectivity index (χ0v) is 22.4. The first kappa shape index (κ1) is 27.7. The smallest absolute Gasteiger partial charge is 0.290 e. The van der Waals surface area contributed by atoms with Crippen LogP contribution in [-0.2, 0) is 24.3 Å². The van der Waals surface area contributed by atoms with E-state index < -0.39 is 22.2 Å². The number of benzene rings is 1. The van der Waals surface area contributed by atoms with Crippen molar-refractivity contribution in [3.05, 3.63) is 83.0 Å². The van der Waals surface area contributed by atoms with Crippen LogP contribution in [0.15, 0.2) is 83.0 Å². The molecular weight excluding hydrogens is 530 g/mol. The molecule has 0 fully saturated rings. The molecule has 3 heterocycles. The second kappa shape index (κ2) is 13.0. The average Bonchev–Trinajstić information content (AvgIpc) is 3.48. The first-order chi connectivity index (χ1) is 18.4. The number of carbonyl (C=O) groups is 1. The highest BCUT2D eigenvalue weighted by molar-refractivity contribution is 7.89. The lowest BCUT2D eigenvalue weighted by atomic mass is 9.99. The van der Waals surface area contributed by atoms with Crippen molar-refractivity contribution in [3.8, 4) is 5.75 Å². The summed E-state index contributed by atoms with van der Waals surface area (Å²) in [7, 11) is -2.38. The van der Waals surface area contributed by atoms with Crippen molar-refractivity contribution >= 4 is 33.0 Å². The topological polar surface area (TPSA) is 127 Å². The van der Waals surface area contributed by atoms with E-state index in [9.17, 15) is 18.3 Å². The summed E-state index contributed by atoms with van der Waals surface area (Å²) in [5.74, 6) is 0.102. The van der Waals surface area contributed by atoms with Gasteiger partial charge in [-0.25, -0.2) is 8.42 Å². The standard InChI is InChI=1S/C26H29N3O7S2/c1-34-21-6-8-22(9-7-21)38(32,33)29(11-13-30)12-14-35-25-17-19(24-5-3-15-37-24)16-23(36-25)26(31)28-20-4-2-10-27-18-20/h2-10,15-16,18-19,25,30H,11-14,17H2,1H3,(H,28,31)/t19-,25+/m1/s1. The number of sulfonamides is 1. The lowest BCUT2D eigenvalue weighted by Crippen LogP contribution is -2.37. The van der Waals surface area contributed by atoms with E-state index in [0.29, 0.717) is 17.9 Å². The molecule has 2 aromatic heterocycles. The van der Waals surface area contributed by atoms with Gasteiger partial charge in [0.1, 0.15) is 5.75 Å². The van der Waals surface area contributed by atoms with Crippen molar-refractivity contribution in [2.24, 2.45) is 0 Å². The number of methoxy groups -OCH3 is 1. The molecule has 0 saturated carbocycles. The number of ether oxygens (including phenoxy) is 3. The number of rotatable bonds is 12. The fourth-order valence-electron chi connectivity index (χ4n) is 3.89. The van der Waals surface area contributed by atoms with Gasteiger partial charge >= 0.3 is 0 Å². The summed E-state index contributed by atoms with van der Waals surface area (Å²) in [5.41, 5.74) is 0.529. The van der Waals surface area contributed by atoms with Crippen LogP contribution in [0, 0.1) is 0 Å². The number of aliphatic hydroxyl groups excluding tert-OH is 1. The van der Waals surface area contributed by atoms with Crippen molar-refractivity contribution < 1.29 is 32.5 Å². The van der Waals surface area contributed by atoms with Crippen molar-refractivity contribution in [3.63, 3.8) is 0 Å². The number of thiophene rings is 1. The summed E-state index contributed by atoms with van der Waals surface area (Å²) in [6.07, 6.45) is 4.59. The van der Waals surface area contributed by atoms with Crippen LogP contribution in [0.25, 0.3) is 0 Å². The largest absolute Gasteiger partial charge is 0.497 e. The maximum atomic E-state index is 13.1. The lowest BCUT2D eigenvalue weighted by Gasteiger charge is -2.29. The minimum absolute atomic E-state index is 0.00524. The van der Waals surface area contributed by atoms with Gasteiger partial charge in [-0.3, -0.25) is 9.78 Å². The van der Waals surface area contributed by atoms with Gasteiger partial charge in [-0.1, -0.05) is 6.07 Å². The molecule has 3 aromatic rings. The van der Waals surface area contributed by atoms with Gasteiger partial charge in [-0.05, 0) is 53.9 Å². The molecule has 0 saturated heterocycles. The number of carbonyl (C=O) groups excluding carboxylic acids is 1. The number of amides is 1. The fraction of sp³-hybridized carbons (Fsp3) is 0.308. The molecule has 1 amide bonds. The molecule has 1 aromatic carbocycles. The number of nitrogens with zero attached hydrogens (tertiary/aromatic N) is 2. The predicted molar refractivity (Wildman–Crippen MR) is 142 cm³/mol. The molecular formula is C26H29N3O7S2. The number of anilines is 1. The number of hydrogen-bond donors (Lipinski definition) is 2. The number of nitrogens with one attached hydrogen (secondary N) is 1. The molecule has 2 atom stereocenters. The number of aliphatic hydroxyl groups is 1. The maximum Gasteiger partial charge on any atom is 0.290 e. The molecule has 10 nitrogen and oxygen atoms in total. The van der Waals surface area contributed by atoms with E-state index in [0.717, 1.165) is 9.18 Å². The Bertz CT molecular complexity index is 1310. The molecule has 0 bridgehead atoms. The van der Waals surface area contributed by atoms with Crippen LogP contribution < -0.4 is 10.1 Å². The van der Waals surface area contributed by atoms with Crippen LogP contribution in [0.2, 0.25) is 0 Å². The number of pyridine rings is 1. The number of aromatic nitrogens is 1. The third-order valence-corrected chi connectivity index (χ3v) is 8.72. The summed E-state index contributed by atoms with van der Waals surface area (Å²) in [6.45, 7) is -0.467. The van der Waals surface area contributed by atoms with Gasteiger partial charge in [0.05, 0.1) is 37.1 Å². The minimum Gasteiger partial charge on any atom is -0.497 e. The Morgan fingerprint density at radius 2 is 2.03 bits per heavy atom. The van der Waals surface area contributed by atoms with E-state index in [2.05, 4.69) is 10.3 Å². The molecule has 0 radical (unpaired) electrons. The maximum absolute atomic E-state index is 13.1. The lowest BCUT2D eigenvalue weighted by molar-refractivity contribution is -0.143. The van der Waals surface area contributed by atoms with E-state index in [1.54, 1.807) is 47.9 Å².